The van der Waals surface area contributed by atoms with Gasteiger partial charge in [-0.2, -0.15) is 0 Å². The minimum Gasteiger partial charge on any atom is -0.365 e. The van der Waals surface area contributed by atoms with Gasteiger partial charge in [-0.3, -0.25) is 4.98 Å². The first-order valence-electron chi connectivity index (χ1n) is 6.27. The summed E-state index contributed by atoms with van der Waals surface area (Å²) in [5.74, 6) is 0.609. The molecule has 0 saturated carbocycles. The predicted octanol–water partition coefficient (Wildman–Crippen LogP) is 3.46. The Hall–Kier alpha value is -1.97. The number of anilines is 1. The summed E-state index contributed by atoms with van der Waals surface area (Å²) < 4.78 is 13.5. The summed E-state index contributed by atoms with van der Waals surface area (Å²) in [6.07, 6.45) is 1.71. The standard InChI is InChI=1S/C15H18FN3/c1-9-5-13(6-10(2)15(9)16)7-18-14-8-17-11(3)12(4)19-14/h5-6,8H,7H2,1-4H3,(H,18,19). The minimum absolute atomic E-state index is 0.130. The number of aryl methyl sites for hydroxylation is 4. The Balaban J connectivity index is 2.12. The van der Waals surface area contributed by atoms with E-state index < -0.39 is 0 Å². The maximum absolute atomic E-state index is 13.5. The Kier molecular flexibility index (Phi) is 3.79. The van der Waals surface area contributed by atoms with Gasteiger partial charge in [-0.1, -0.05) is 12.1 Å². The molecule has 0 unspecified atom stereocenters. The lowest BCUT2D eigenvalue weighted by molar-refractivity contribution is 0.608. The first-order valence-corrected chi connectivity index (χ1v) is 6.27. The van der Waals surface area contributed by atoms with Crippen molar-refractivity contribution in [3.05, 3.63) is 52.2 Å². The molecular formula is C15H18FN3. The average molecular weight is 259 g/mol. The molecule has 0 saturated heterocycles. The maximum atomic E-state index is 13.5. The number of rotatable bonds is 3. The number of hydrogen-bond donors (Lipinski definition) is 1. The Labute approximate surface area is 112 Å². The van der Waals surface area contributed by atoms with Crippen LogP contribution < -0.4 is 5.32 Å². The lowest BCUT2D eigenvalue weighted by Gasteiger charge is -2.09. The van der Waals surface area contributed by atoms with E-state index in [2.05, 4.69) is 15.3 Å². The normalized spacial score (nSPS) is 10.6. The van der Waals surface area contributed by atoms with Crippen molar-refractivity contribution >= 4 is 5.82 Å². The molecule has 0 aliphatic heterocycles. The van der Waals surface area contributed by atoms with Crippen LogP contribution in [0.3, 0.4) is 0 Å². The van der Waals surface area contributed by atoms with E-state index in [-0.39, 0.29) is 5.82 Å². The molecule has 19 heavy (non-hydrogen) atoms. The van der Waals surface area contributed by atoms with E-state index in [1.54, 1.807) is 20.0 Å². The van der Waals surface area contributed by atoms with Crippen LogP contribution in [0, 0.1) is 33.5 Å². The van der Waals surface area contributed by atoms with Crippen molar-refractivity contribution in [2.24, 2.45) is 0 Å². The fourth-order valence-corrected chi connectivity index (χ4v) is 1.96. The summed E-state index contributed by atoms with van der Waals surface area (Å²) in [5, 5.41) is 3.21. The number of halogens is 1. The predicted molar refractivity (Wildman–Crippen MR) is 74.7 cm³/mol. The van der Waals surface area contributed by atoms with Crippen LogP contribution in [0.4, 0.5) is 10.2 Å². The second-order valence-corrected chi connectivity index (χ2v) is 4.82. The number of aromatic nitrogens is 2. The molecule has 0 amide bonds. The molecule has 0 aliphatic carbocycles. The van der Waals surface area contributed by atoms with Gasteiger partial charge in [0.25, 0.3) is 0 Å². The molecule has 0 spiro atoms. The summed E-state index contributed by atoms with van der Waals surface area (Å²) in [6, 6.07) is 3.70. The lowest BCUT2D eigenvalue weighted by Crippen LogP contribution is -2.05. The van der Waals surface area contributed by atoms with Crippen LogP contribution in [0.1, 0.15) is 28.1 Å². The highest BCUT2D eigenvalue weighted by molar-refractivity contribution is 5.37. The fourth-order valence-electron chi connectivity index (χ4n) is 1.96. The number of nitrogens with one attached hydrogen (secondary N) is 1. The molecule has 4 heteroatoms. The van der Waals surface area contributed by atoms with Crippen molar-refractivity contribution in [3.8, 4) is 0 Å². The van der Waals surface area contributed by atoms with Gasteiger partial charge in [0.2, 0.25) is 0 Å². The van der Waals surface area contributed by atoms with Crippen molar-refractivity contribution in [2.45, 2.75) is 34.2 Å². The van der Waals surface area contributed by atoms with E-state index in [4.69, 9.17) is 0 Å². The Morgan fingerprint density at radius 3 is 2.26 bits per heavy atom. The van der Waals surface area contributed by atoms with Gasteiger partial charge in [0, 0.05) is 6.54 Å². The second-order valence-electron chi connectivity index (χ2n) is 4.82. The SMILES string of the molecule is Cc1cc(CNc2cnc(C)c(C)n2)cc(C)c1F. The molecule has 0 radical (unpaired) electrons. The fraction of sp³-hybridized carbons (Fsp3) is 0.333. The summed E-state index contributed by atoms with van der Waals surface area (Å²) >= 11 is 0. The summed E-state index contributed by atoms with van der Waals surface area (Å²) in [6.45, 7) is 8.03. The highest BCUT2D eigenvalue weighted by Gasteiger charge is 2.05. The van der Waals surface area contributed by atoms with Gasteiger partial charge in [-0.15, -0.1) is 0 Å². The van der Waals surface area contributed by atoms with Gasteiger partial charge in [-0.05, 0) is 44.4 Å². The van der Waals surface area contributed by atoms with E-state index >= 15 is 0 Å². The molecule has 0 bridgehead atoms. The minimum atomic E-state index is -0.130. The van der Waals surface area contributed by atoms with E-state index in [0.29, 0.717) is 17.7 Å². The topological polar surface area (TPSA) is 37.8 Å². The molecule has 3 nitrogen and oxygen atoms in total. The van der Waals surface area contributed by atoms with Crippen molar-refractivity contribution in [3.63, 3.8) is 0 Å². The Bertz CT molecular complexity index is 585. The van der Waals surface area contributed by atoms with E-state index in [0.717, 1.165) is 22.8 Å². The van der Waals surface area contributed by atoms with Crippen LogP contribution in [0.2, 0.25) is 0 Å². The van der Waals surface area contributed by atoms with Crippen molar-refractivity contribution in [2.75, 3.05) is 5.32 Å². The van der Waals surface area contributed by atoms with Gasteiger partial charge in [0.15, 0.2) is 0 Å². The lowest BCUT2D eigenvalue weighted by atomic mass is 10.1. The quantitative estimate of drug-likeness (QED) is 0.917. The molecule has 2 rings (SSSR count). The van der Waals surface area contributed by atoms with Crippen molar-refractivity contribution in [1.29, 1.82) is 0 Å². The molecule has 1 aromatic carbocycles. The maximum Gasteiger partial charge on any atom is 0.145 e. The van der Waals surface area contributed by atoms with E-state index in [1.807, 2.05) is 26.0 Å². The van der Waals surface area contributed by atoms with Crippen LogP contribution in [0.5, 0.6) is 0 Å². The highest BCUT2D eigenvalue weighted by Crippen LogP contribution is 2.16. The number of hydrogen-bond acceptors (Lipinski definition) is 3. The van der Waals surface area contributed by atoms with Crippen molar-refractivity contribution in [1.82, 2.24) is 9.97 Å². The third-order valence-electron chi connectivity index (χ3n) is 3.16. The smallest absolute Gasteiger partial charge is 0.145 e. The largest absolute Gasteiger partial charge is 0.365 e. The molecule has 1 N–H and O–H groups in total. The van der Waals surface area contributed by atoms with Gasteiger partial charge in [0.05, 0.1) is 17.6 Å². The molecule has 100 valence electrons. The van der Waals surface area contributed by atoms with Gasteiger partial charge < -0.3 is 5.32 Å². The van der Waals surface area contributed by atoms with E-state index in [9.17, 15) is 4.39 Å². The second kappa shape index (κ2) is 5.34. The highest BCUT2D eigenvalue weighted by atomic mass is 19.1. The first-order chi connectivity index (χ1) is 8.97. The average Bonchev–Trinajstić information content (AvgIpc) is 2.37. The van der Waals surface area contributed by atoms with Gasteiger partial charge in [-0.25, -0.2) is 9.37 Å². The number of nitrogens with zero attached hydrogens (tertiary/aromatic N) is 2. The third kappa shape index (κ3) is 3.08. The molecule has 0 fully saturated rings. The summed E-state index contributed by atoms with van der Waals surface area (Å²) in [7, 11) is 0. The molecule has 1 heterocycles. The Morgan fingerprint density at radius 1 is 1.05 bits per heavy atom. The van der Waals surface area contributed by atoms with Crippen molar-refractivity contribution < 1.29 is 4.39 Å². The van der Waals surface area contributed by atoms with Gasteiger partial charge >= 0.3 is 0 Å². The molecule has 0 aliphatic rings. The molecular weight excluding hydrogens is 241 g/mol. The first kappa shape index (κ1) is 13.5. The summed E-state index contributed by atoms with van der Waals surface area (Å²) in [5.41, 5.74) is 4.22. The third-order valence-corrected chi connectivity index (χ3v) is 3.16. The van der Waals surface area contributed by atoms with Crippen LogP contribution >= 0.6 is 0 Å². The Morgan fingerprint density at radius 2 is 1.68 bits per heavy atom. The van der Waals surface area contributed by atoms with Crippen LogP contribution in [-0.2, 0) is 6.54 Å². The summed E-state index contributed by atoms with van der Waals surface area (Å²) in [4.78, 5) is 8.66. The van der Waals surface area contributed by atoms with Gasteiger partial charge in [0.1, 0.15) is 11.6 Å². The van der Waals surface area contributed by atoms with Crippen LogP contribution in [0.15, 0.2) is 18.3 Å². The number of benzene rings is 1. The van der Waals surface area contributed by atoms with E-state index in [1.165, 1.54) is 0 Å². The zero-order valence-electron chi connectivity index (χ0n) is 11.7. The van der Waals surface area contributed by atoms with Crippen LogP contribution in [0.25, 0.3) is 0 Å². The zero-order valence-corrected chi connectivity index (χ0v) is 11.7. The molecule has 0 atom stereocenters. The van der Waals surface area contributed by atoms with Crippen LogP contribution in [-0.4, -0.2) is 9.97 Å². The molecule has 2 aromatic rings. The molecule has 1 aromatic heterocycles. The zero-order chi connectivity index (χ0) is 14.0. The monoisotopic (exact) mass is 259 g/mol.